The van der Waals surface area contributed by atoms with Gasteiger partial charge >= 0.3 is 12.1 Å². The molecule has 0 aliphatic carbocycles. The Labute approximate surface area is 188 Å². The molecule has 0 unspecified atom stereocenters. The highest BCUT2D eigenvalue weighted by atomic mass is 19.1. The first-order valence-corrected chi connectivity index (χ1v) is 10.3. The largest absolute Gasteiger partial charge is 0.471 e. The highest BCUT2D eigenvalue weighted by Crippen LogP contribution is 2.30. The number of amides is 2. The average molecular weight is 459 g/mol. The van der Waals surface area contributed by atoms with Gasteiger partial charge in [0.2, 0.25) is 0 Å². The Morgan fingerprint density at radius 1 is 1.30 bits per heavy atom. The molecule has 1 aromatic carbocycles. The number of carbonyl (C=O) groups excluding carboxylic acids is 3. The van der Waals surface area contributed by atoms with Crippen LogP contribution in [-0.4, -0.2) is 67.0 Å². The summed E-state index contributed by atoms with van der Waals surface area (Å²) in [5.41, 5.74) is 1.54. The Kier molecular flexibility index (Phi) is 6.57. The van der Waals surface area contributed by atoms with Gasteiger partial charge in [-0.1, -0.05) is 6.08 Å². The van der Waals surface area contributed by atoms with Gasteiger partial charge in [-0.2, -0.15) is 0 Å². The second-order valence-electron chi connectivity index (χ2n) is 7.53. The smallest absolute Gasteiger partial charge is 0.414 e. The fourth-order valence-corrected chi connectivity index (χ4v) is 3.60. The summed E-state index contributed by atoms with van der Waals surface area (Å²) in [7, 11) is 0. The molecule has 0 saturated carbocycles. The van der Waals surface area contributed by atoms with Gasteiger partial charge in [0.05, 0.1) is 12.2 Å². The Hall–Kier alpha value is -3.89. The summed E-state index contributed by atoms with van der Waals surface area (Å²) in [5, 5.41) is 3.62. The van der Waals surface area contributed by atoms with Gasteiger partial charge in [0, 0.05) is 31.6 Å². The predicted octanol–water partition coefficient (Wildman–Crippen LogP) is 2.40. The third-order valence-electron chi connectivity index (χ3n) is 5.28. The number of aromatic nitrogens is 1. The third kappa shape index (κ3) is 5.30. The topological polar surface area (TPSA) is 111 Å². The fraction of sp³-hybridized carbons (Fsp3) is 0.364. The van der Waals surface area contributed by atoms with Crippen LogP contribution in [0.4, 0.5) is 14.9 Å². The summed E-state index contributed by atoms with van der Waals surface area (Å²) >= 11 is 0. The van der Waals surface area contributed by atoms with Crippen molar-refractivity contribution in [3.8, 4) is 5.88 Å². The van der Waals surface area contributed by atoms with Crippen molar-refractivity contribution < 1.29 is 37.5 Å². The van der Waals surface area contributed by atoms with E-state index in [1.807, 2.05) is 0 Å². The van der Waals surface area contributed by atoms with Crippen LogP contribution < -0.4 is 9.64 Å². The summed E-state index contributed by atoms with van der Waals surface area (Å²) in [6.07, 6.45) is 2.47. The van der Waals surface area contributed by atoms with Crippen molar-refractivity contribution >= 4 is 29.2 Å². The molecule has 2 aromatic rings. The molecule has 0 radical (unpaired) electrons. The monoisotopic (exact) mass is 459 g/mol. The number of rotatable bonds is 7. The van der Waals surface area contributed by atoms with E-state index < -0.39 is 24.0 Å². The van der Waals surface area contributed by atoms with Crippen LogP contribution in [0.15, 0.2) is 41.1 Å². The van der Waals surface area contributed by atoms with E-state index >= 15 is 0 Å². The van der Waals surface area contributed by atoms with Crippen molar-refractivity contribution in [2.75, 3.05) is 37.7 Å². The fourth-order valence-electron chi connectivity index (χ4n) is 3.60. The van der Waals surface area contributed by atoms with Gasteiger partial charge < -0.3 is 23.6 Å². The second-order valence-corrected chi connectivity index (χ2v) is 7.53. The summed E-state index contributed by atoms with van der Waals surface area (Å²) in [6, 6.07) is 6.09. The van der Waals surface area contributed by atoms with E-state index in [2.05, 4.69) is 9.68 Å². The maximum absolute atomic E-state index is 14.9. The van der Waals surface area contributed by atoms with Crippen LogP contribution in [-0.2, 0) is 19.1 Å². The van der Waals surface area contributed by atoms with E-state index in [1.165, 1.54) is 30.2 Å². The van der Waals surface area contributed by atoms with Gasteiger partial charge in [-0.3, -0.25) is 14.5 Å². The third-order valence-corrected chi connectivity index (χ3v) is 5.28. The number of esters is 1. The molecule has 2 aliphatic heterocycles. The molecule has 3 heterocycles. The first kappa shape index (κ1) is 22.3. The van der Waals surface area contributed by atoms with Crippen molar-refractivity contribution in [2.24, 2.45) is 0 Å². The lowest BCUT2D eigenvalue weighted by Crippen LogP contribution is -2.37. The number of carbonyl (C=O) groups is 3. The summed E-state index contributed by atoms with van der Waals surface area (Å²) in [5.74, 6) is -1.01. The van der Waals surface area contributed by atoms with Crippen molar-refractivity contribution in [2.45, 2.75) is 19.4 Å². The van der Waals surface area contributed by atoms with Crippen molar-refractivity contribution in [1.29, 1.82) is 0 Å². The molecule has 0 spiro atoms. The highest BCUT2D eigenvalue weighted by molar-refractivity contribution is 5.90. The van der Waals surface area contributed by atoms with E-state index in [4.69, 9.17) is 14.2 Å². The Bertz CT molecular complexity index is 1070. The SMILES string of the molecule is CC(=O)OCC(=O)N1CC=C(c2ccc(N3C[C@H](COc4ccon4)OC3=O)cc2F)CC1. The molecular weight excluding hydrogens is 437 g/mol. The first-order valence-electron chi connectivity index (χ1n) is 10.3. The number of halogens is 1. The zero-order chi connectivity index (χ0) is 23.4. The predicted molar refractivity (Wildman–Crippen MR) is 112 cm³/mol. The molecule has 174 valence electrons. The molecule has 0 N–H and O–H groups in total. The van der Waals surface area contributed by atoms with E-state index in [-0.39, 0.29) is 31.5 Å². The summed E-state index contributed by atoms with van der Waals surface area (Å²) < 4.78 is 35.0. The normalized spacial score (nSPS) is 18.1. The van der Waals surface area contributed by atoms with Crippen LogP contribution in [0.5, 0.6) is 5.88 Å². The van der Waals surface area contributed by atoms with Gasteiger partial charge in [0.25, 0.3) is 11.8 Å². The molecular formula is C22H22FN3O7. The molecule has 1 saturated heterocycles. The quantitative estimate of drug-likeness (QED) is 0.581. The molecule has 2 amide bonds. The van der Waals surface area contributed by atoms with E-state index in [0.29, 0.717) is 30.8 Å². The van der Waals surface area contributed by atoms with Crippen LogP contribution in [0.1, 0.15) is 18.9 Å². The number of cyclic esters (lactones) is 1. The second kappa shape index (κ2) is 9.72. The van der Waals surface area contributed by atoms with Gasteiger partial charge in [-0.25, -0.2) is 9.18 Å². The molecule has 11 heteroatoms. The maximum Gasteiger partial charge on any atom is 0.414 e. The Morgan fingerprint density at radius 3 is 2.82 bits per heavy atom. The van der Waals surface area contributed by atoms with Crippen molar-refractivity contribution in [1.82, 2.24) is 10.1 Å². The number of hydrogen-bond acceptors (Lipinski definition) is 8. The zero-order valence-corrected chi connectivity index (χ0v) is 17.9. The van der Waals surface area contributed by atoms with Crippen LogP contribution in [0, 0.1) is 5.82 Å². The standard InChI is InChI=1S/C22H22FN3O7/c1-14(27)30-13-21(28)25-7-4-15(5-8-25)18-3-2-16(10-19(18)23)26-11-17(33-22(26)29)12-31-20-6-9-32-24-20/h2-4,6,9-10,17H,5,7-8,11-13H2,1H3/t17-/m1/s1. The summed E-state index contributed by atoms with van der Waals surface area (Å²) in [4.78, 5) is 38.0. The number of hydrogen-bond donors (Lipinski definition) is 0. The van der Waals surface area contributed by atoms with Gasteiger partial charge in [0.1, 0.15) is 18.7 Å². The lowest BCUT2D eigenvalue weighted by Gasteiger charge is -2.26. The van der Waals surface area contributed by atoms with Gasteiger partial charge in [-0.05, 0) is 35.3 Å². The minimum atomic E-state index is -0.588. The Morgan fingerprint density at radius 2 is 2.15 bits per heavy atom. The molecule has 1 fully saturated rings. The molecule has 33 heavy (non-hydrogen) atoms. The number of benzene rings is 1. The molecule has 2 aliphatic rings. The first-order chi connectivity index (χ1) is 15.9. The molecule has 1 aromatic heterocycles. The molecule has 1 atom stereocenters. The average Bonchev–Trinajstić information content (AvgIpc) is 3.45. The van der Waals surface area contributed by atoms with E-state index in [0.717, 1.165) is 5.57 Å². The minimum Gasteiger partial charge on any atom is -0.471 e. The zero-order valence-electron chi connectivity index (χ0n) is 17.9. The summed E-state index contributed by atoms with van der Waals surface area (Å²) in [6.45, 7) is 1.91. The van der Waals surface area contributed by atoms with Crippen LogP contribution >= 0.6 is 0 Å². The van der Waals surface area contributed by atoms with Gasteiger partial charge in [0.15, 0.2) is 12.7 Å². The van der Waals surface area contributed by atoms with Crippen LogP contribution in [0.3, 0.4) is 0 Å². The number of ether oxygens (including phenoxy) is 3. The number of nitrogens with zero attached hydrogens (tertiary/aromatic N) is 3. The maximum atomic E-state index is 14.9. The molecule has 4 rings (SSSR count). The lowest BCUT2D eigenvalue weighted by molar-refractivity contribution is -0.150. The lowest BCUT2D eigenvalue weighted by atomic mass is 9.98. The minimum absolute atomic E-state index is 0.0922. The van der Waals surface area contributed by atoms with Crippen molar-refractivity contribution in [3.63, 3.8) is 0 Å². The Balaban J connectivity index is 1.36. The van der Waals surface area contributed by atoms with E-state index in [1.54, 1.807) is 23.1 Å². The van der Waals surface area contributed by atoms with E-state index in [9.17, 15) is 18.8 Å². The molecule has 10 nitrogen and oxygen atoms in total. The highest BCUT2D eigenvalue weighted by Gasteiger charge is 2.33. The van der Waals surface area contributed by atoms with Crippen molar-refractivity contribution in [3.05, 3.63) is 48.0 Å². The number of anilines is 1. The van der Waals surface area contributed by atoms with Gasteiger partial charge in [-0.15, -0.1) is 0 Å². The molecule has 0 bridgehead atoms. The van der Waals surface area contributed by atoms with Crippen LogP contribution in [0.2, 0.25) is 0 Å². The van der Waals surface area contributed by atoms with Crippen LogP contribution in [0.25, 0.3) is 5.57 Å².